The van der Waals surface area contributed by atoms with Crippen LogP contribution in [0.3, 0.4) is 0 Å². The lowest BCUT2D eigenvalue weighted by Crippen LogP contribution is -2.30. The zero-order valence-corrected chi connectivity index (χ0v) is 19.9. The van der Waals surface area contributed by atoms with Crippen molar-refractivity contribution in [2.45, 2.75) is 0 Å². The lowest BCUT2D eigenvalue weighted by Gasteiger charge is -2.24. The van der Waals surface area contributed by atoms with Crippen molar-refractivity contribution in [3.63, 3.8) is 0 Å². The van der Waals surface area contributed by atoms with Crippen LogP contribution in [0.2, 0.25) is 0 Å². The minimum absolute atomic E-state index is 0.188. The second kappa shape index (κ2) is 9.97. The molecule has 0 radical (unpaired) electrons. The summed E-state index contributed by atoms with van der Waals surface area (Å²) in [7, 11) is 0. The summed E-state index contributed by atoms with van der Waals surface area (Å²) in [6.07, 6.45) is 0. The van der Waals surface area contributed by atoms with Gasteiger partial charge in [-0.3, -0.25) is 30.0 Å². The highest BCUT2D eigenvalue weighted by molar-refractivity contribution is 6.32. The Morgan fingerprint density at radius 2 is 0.868 bits per heavy atom. The number of hydrazine groups is 2. The molecule has 0 heterocycles. The number of hydrogen-bond donors (Lipinski definition) is 6. The molecule has 0 unspecified atom stereocenters. The van der Waals surface area contributed by atoms with E-state index in [0.29, 0.717) is 22.7 Å². The number of rotatable bonds is 6. The molecule has 0 saturated carbocycles. The quantitative estimate of drug-likeness (QED) is 0.116. The molecule has 0 saturated heterocycles. The molecule has 8 N–H and O–H groups in total. The molecule has 0 atom stereocenters. The molecular weight excluding hydrogens is 484 g/mol. The predicted molar refractivity (Wildman–Crippen MR) is 143 cm³/mol. The Kier molecular flexibility index (Phi) is 6.40. The summed E-state index contributed by atoms with van der Waals surface area (Å²) in [5, 5.41) is 6.23. The van der Waals surface area contributed by atoms with Gasteiger partial charge >= 0.3 is 0 Å². The Labute approximate surface area is 217 Å². The predicted octanol–water partition coefficient (Wildman–Crippen LogP) is 3.16. The second-order valence-electron chi connectivity index (χ2n) is 8.40. The van der Waals surface area contributed by atoms with E-state index >= 15 is 0 Å². The van der Waals surface area contributed by atoms with Gasteiger partial charge < -0.3 is 10.6 Å². The molecule has 0 spiro atoms. The molecule has 0 bridgehead atoms. The molecule has 5 rings (SSSR count). The lowest BCUT2D eigenvalue weighted by molar-refractivity contribution is 0.0946. The largest absolute Gasteiger partial charge is 0.354 e. The Morgan fingerprint density at radius 3 is 1.26 bits per heavy atom. The number of carbonyl (C=O) groups excluding carboxylic acids is 4. The summed E-state index contributed by atoms with van der Waals surface area (Å²) >= 11 is 0. The number of fused-ring (bicyclic) bond motifs is 2. The van der Waals surface area contributed by atoms with Crippen LogP contribution in [0.1, 0.15) is 52.6 Å². The molecule has 4 aromatic rings. The van der Waals surface area contributed by atoms with Gasteiger partial charge in [0.25, 0.3) is 11.8 Å². The highest BCUT2D eigenvalue weighted by Crippen LogP contribution is 2.37. The molecule has 1 aliphatic carbocycles. The van der Waals surface area contributed by atoms with Crippen LogP contribution in [0, 0.1) is 0 Å². The molecule has 0 fully saturated rings. The van der Waals surface area contributed by atoms with Crippen LogP contribution in [-0.2, 0) is 0 Å². The van der Waals surface area contributed by atoms with E-state index in [1.54, 1.807) is 84.9 Å². The zero-order valence-electron chi connectivity index (χ0n) is 19.9. The minimum Gasteiger partial charge on any atom is -0.354 e. The van der Waals surface area contributed by atoms with Crippen LogP contribution in [0.4, 0.5) is 22.7 Å². The van der Waals surface area contributed by atoms with Crippen LogP contribution < -0.4 is 33.2 Å². The Hall–Kier alpha value is -5.32. The highest BCUT2D eigenvalue weighted by atomic mass is 16.2. The first-order chi connectivity index (χ1) is 18.4. The number of para-hydroxylation sites is 2. The third-order valence-corrected chi connectivity index (χ3v) is 6.22. The fourth-order valence-electron chi connectivity index (χ4n) is 4.48. The molecule has 10 nitrogen and oxygen atoms in total. The average Bonchev–Trinajstić information content (AvgIpc) is 2.95. The molecule has 0 aliphatic heterocycles. The van der Waals surface area contributed by atoms with E-state index < -0.39 is 11.8 Å². The van der Waals surface area contributed by atoms with Crippen LogP contribution in [0.15, 0.2) is 84.9 Å². The molecule has 4 aromatic carbocycles. The Morgan fingerprint density at radius 1 is 0.500 bits per heavy atom. The number of nitrogen functional groups attached to an aromatic ring is 2. The number of ketones is 2. The zero-order chi connectivity index (χ0) is 26.8. The maximum Gasteiger partial charge on any atom is 0.267 e. The van der Waals surface area contributed by atoms with Crippen LogP contribution in [0.5, 0.6) is 0 Å². The third kappa shape index (κ3) is 4.15. The van der Waals surface area contributed by atoms with Gasteiger partial charge in [0.15, 0.2) is 11.6 Å². The number of nitrogens with one attached hydrogen (secondary N) is 4. The SMILES string of the molecule is NNC(=O)c1ccccc1Nc1cccc2c1C(=O)c1cccc(Nc3ccccc3C(=O)NN)c1C2=O. The molecule has 10 heteroatoms. The standard InChI is InChI=1S/C28H22N6O4/c29-33-27(37)15-7-1-3-11-19(15)31-21-13-5-9-17-23(21)25(35)18-10-6-14-22(24(18)26(17)36)32-20-12-4-2-8-16(20)28(38)34-30/h1-14,31-32H,29-30H2,(H,33,37)(H,34,38). The van der Waals surface area contributed by atoms with Crippen molar-refractivity contribution in [2.24, 2.45) is 11.7 Å². The summed E-state index contributed by atoms with van der Waals surface area (Å²) in [6.45, 7) is 0. The van der Waals surface area contributed by atoms with Crippen molar-refractivity contribution in [1.82, 2.24) is 10.9 Å². The highest BCUT2D eigenvalue weighted by Gasteiger charge is 2.34. The third-order valence-electron chi connectivity index (χ3n) is 6.22. The molecule has 1 aliphatic rings. The van der Waals surface area contributed by atoms with E-state index in [0.717, 1.165) is 0 Å². The van der Waals surface area contributed by atoms with Gasteiger partial charge in [0.1, 0.15) is 0 Å². The fraction of sp³-hybridized carbons (Fsp3) is 0. The van der Waals surface area contributed by atoms with E-state index in [1.165, 1.54) is 0 Å². The van der Waals surface area contributed by atoms with E-state index in [4.69, 9.17) is 11.7 Å². The topological polar surface area (TPSA) is 168 Å². The van der Waals surface area contributed by atoms with Crippen LogP contribution >= 0.6 is 0 Å². The Bertz CT molecular complexity index is 1510. The number of anilines is 4. The van der Waals surface area contributed by atoms with Crippen molar-refractivity contribution in [3.05, 3.63) is 118 Å². The first-order valence-corrected chi connectivity index (χ1v) is 11.5. The number of hydrogen-bond acceptors (Lipinski definition) is 8. The summed E-state index contributed by atoms with van der Waals surface area (Å²) in [6, 6.07) is 23.1. The maximum atomic E-state index is 13.8. The normalized spacial score (nSPS) is 11.7. The first kappa shape index (κ1) is 24.4. The molecule has 0 aromatic heterocycles. The first-order valence-electron chi connectivity index (χ1n) is 11.5. The number of carbonyl (C=O) groups is 4. The molecule has 38 heavy (non-hydrogen) atoms. The van der Waals surface area contributed by atoms with E-state index in [-0.39, 0.29) is 44.9 Å². The van der Waals surface area contributed by atoms with E-state index in [1.807, 2.05) is 0 Å². The minimum atomic E-state index is -0.509. The Balaban J connectivity index is 1.57. The van der Waals surface area contributed by atoms with E-state index in [9.17, 15) is 19.2 Å². The number of benzene rings is 4. The summed E-state index contributed by atoms with van der Waals surface area (Å²) in [5.74, 6) is 8.88. The summed E-state index contributed by atoms with van der Waals surface area (Å²) in [4.78, 5) is 52.0. The number of nitrogens with two attached hydrogens (primary N) is 2. The monoisotopic (exact) mass is 506 g/mol. The van der Waals surface area contributed by atoms with Crippen LogP contribution in [0.25, 0.3) is 0 Å². The summed E-state index contributed by atoms with van der Waals surface area (Å²) < 4.78 is 0. The molecular formula is C28H22N6O4. The van der Waals surface area contributed by atoms with Gasteiger partial charge in [-0.2, -0.15) is 0 Å². The van der Waals surface area contributed by atoms with Gasteiger partial charge in [0, 0.05) is 11.1 Å². The fourth-order valence-corrected chi connectivity index (χ4v) is 4.48. The smallest absolute Gasteiger partial charge is 0.267 e. The molecule has 2 amide bonds. The molecule has 188 valence electrons. The second-order valence-corrected chi connectivity index (χ2v) is 8.40. The van der Waals surface area contributed by atoms with Gasteiger partial charge in [-0.15, -0.1) is 0 Å². The van der Waals surface area contributed by atoms with Gasteiger partial charge in [0.2, 0.25) is 0 Å². The number of amides is 2. The van der Waals surface area contributed by atoms with Gasteiger partial charge in [-0.05, 0) is 36.4 Å². The van der Waals surface area contributed by atoms with Gasteiger partial charge in [-0.1, -0.05) is 48.5 Å². The maximum absolute atomic E-state index is 13.8. The lowest BCUT2D eigenvalue weighted by atomic mass is 9.82. The van der Waals surface area contributed by atoms with Gasteiger partial charge in [-0.25, -0.2) is 11.7 Å². The van der Waals surface area contributed by atoms with Crippen molar-refractivity contribution in [3.8, 4) is 0 Å². The summed E-state index contributed by atoms with van der Waals surface area (Å²) in [5.41, 5.74) is 7.10. The van der Waals surface area contributed by atoms with Crippen molar-refractivity contribution in [1.29, 1.82) is 0 Å². The van der Waals surface area contributed by atoms with E-state index in [2.05, 4.69) is 21.5 Å². The van der Waals surface area contributed by atoms with Crippen LogP contribution in [-0.4, -0.2) is 23.4 Å². The average molecular weight is 507 g/mol. The van der Waals surface area contributed by atoms with Crippen molar-refractivity contribution < 1.29 is 19.2 Å². The van der Waals surface area contributed by atoms with Crippen molar-refractivity contribution >= 4 is 46.1 Å². The van der Waals surface area contributed by atoms with Gasteiger partial charge in [0.05, 0.1) is 45.0 Å². The van der Waals surface area contributed by atoms with Crippen molar-refractivity contribution in [2.75, 3.05) is 10.6 Å².